The van der Waals surface area contributed by atoms with Gasteiger partial charge in [-0.15, -0.1) is 0 Å². The second-order valence-corrected chi connectivity index (χ2v) is 4.87. The Hall–Kier alpha value is -1.55. The van der Waals surface area contributed by atoms with Gasteiger partial charge in [0.15, 0.2) is 0 Å². The Morgan fingerprint density at radius 2 is 2.17 bits per heavy atom. The molecule has 1 amide bonds. The maximum absolute atomic E-state index is 11.7. The van der Waals surface area contributed by atoms with E-state index in [1.165, 1.54) is 0 Å². The monoisotopic (exact) mass is 251 g/mol. The van der Waals surface area contributed by atoms with Gasteiger partial charge in [0.1, 0.15) is 5.75 Å². The third kappa shape index (κ3) is 5.19. The number of rotatable bonds is 6. The topological polar surface area (TPSA) is 69.6 Å². The smallest absolute Gasteiger partial charge is 0.224 e. The summed E-state index contributed by atoms with van der Waals surface area (Å²) in [4.78, 5) is 11.7. The second kappa shape index (κ2) is 6.40. The third-order valence-corrected chi connectivity index (χ3v) is 2.73. The minimum Gasteiger partial charge on any atom is -0.508 e. The average Bonchev–Trinajstić information content (AvgIpc) is 2.26. The van der Waals surface area contributed by atoms with E-state index >= 15 is 0 Å². The first-order chi connectivity index (χ1) is 8.43. The van der Waals surface area contributed by atoms with Crippen molar-refractivity contribution in [2.75, 3.05) is 6.54 Å². The molecule has 0 aliphatic heterocycles. The van der Waals surface area contributed by atoms with Gasteiger partial charge in [0.2, 0.25) is 5.91 Å². The molecule has 0 spiro atoms. The molecule has 0 aliphatic rings. The van der Waals surface area contributed by atoms with Crippen LogP contribution in [-0.4, -0.2) is 28.3 Å². The van der Waals surface area contributed by atoms with Crippen LogP contribution in [0, 0.1) is 0 Å². The third-order valence-electron chi connectivity index (χ3n) is 2.73. The Morgan fingerprint density at radius 3 is 2.78 bits per heavy atom. The van der Waals surface area contributed by atoms with Crippen LogP contribution in [0.4, 0.5) is 0 Å². The normalized spacial score (nSPS) is 13.9. The van der Waals surface area contributed by atoms with Gasteiger partial charge >= 0.3 is 0 Å². The summed E-state index contributed by atoms with van der Waals surface area (Å²) in [6, 6.07) is 6.60. The number of hydrogen-bond donors (Lipinski definition) is 3. The summed E-state index contributed by atoms with van der Waals surface area (Å²) in [5.74, 6) is -0.00439. The number of hydrogen-bond acceptors (Lipinski definition) is 3. The van der Waals surface area contributed by atoms with Gasteiger partial charge in [-0.2, -0.15) is 0 Å². The molecule has 1 aromatic rings. The van der Waals surface area contributed by atoms with Crippen LogP contribution in [0.25, 0.3) is 0 Å². The van der Waals surface area contributed by atoms with Crippen LogP contribution in [0.15, 0.2) is 24.3 Å². The predicted molar refractivity (Wildman–Crippen MR) is 70.4 cm³/mol. The summed E-state index contributed by atoms with van der Waals surface area (Å²) in [5.41, 5.74) is -0.105. The number of nitrogens with one attached hydrogen (secondary N) is 1. The Bertz CT molecular complexity index is 402. The summed E-state index contributed by atoms with van der Waals surface area (Å²) in [6.45, 7) is 3.95. The van der Waals surface area contributed by atoms with Gasteiger partial charge in [0.05, 0.1) is 12.0 Å². The quantitative estimate of drug-likeness (QED) is 0.719. The molecule has 0 heterocycles. The van der Waals surface area contributed by atoms with E-state index in [0.717, 1.165) is 12.0 Å². The minimum atomic E-state index is -0.858. The fourth-order valence-electron chi connectivity index (χ4n) is 1.83. The van der Waals surface area contributed by atoms with E-state index in [4.69, 9.17) is 0 Å². The van der Waals surface area contributed by atoms with Crippen molar-refractivity contribution in [3.63, 3.8) is 0 Å². The molecular weight excluding hydrogens is 230 g/mol. The Balaban J connectivity index is 2.43. The van der Waals surface area contributed by atoms with Crippen molar-refractivity contribution in [2.24, 2.45) is 0 Å². The van der Waals surface area contributed by atoms with Crippen molar-refractivity contribution in [1.82, 2.24) is 5.32 Å². The number of carbonyl (C=O) groups excluding carboxylic acids is 1. The fraction of sp³-hybridized carbons (Fsp3) is 0.500. The molecule has 0 bridgehead atoms. The molecule has 3 N–H and O–H groups in total. The average molecular weight is 251 g/mol. The molecule has 100 valence electrons. The van der Waals surface area contributed by atoms with Crippen LogP contribution in [0.2, 0.25) is 0 Å². The molecule has 18 heavy (non-hydrogen) atoms. The molecule has 0 fully saturated rings. The largest absolute Gasteiger partial charge is 0.508 e. The summed E-state index contributed by atoms with van der Waals surface area (Å²) in [6.07, 6.45) is 1.73. The second-order valence-electron chi connectivity index (χ2n) is 4.87. The van der Waals surface area contributed by atoms with Crippen molar-refractivity contribution in [2.45, 2.75) is 38.7 Å². The Morgan fingerprint density at radius 1 is 1.44 bits per heavy atom. The Kier molecular flexibility index (Phi) is 5.16. The number of aliphatic hydroxyl groups is 1. The molecule has 0 aromatic heterocycles. The van der Waals surface area contributed by atoms with Crippen molar-refractivity contribution in [1.29, 1.82) is 0 Å². The molecule has 1 aromatic carbocycles. The number of amides is 1. The lowest BCUT2D eigenvalue weighted by atomic mass is 10.0. The highest BCUT2D eigenvalue weighted by Gasteiger charge is 2.19. The van der Waals surface area contributed by atoms with Crippen LogP contribution in [0.5, 0.6) is 5.75 Å². The van der Waals surface area contributed by atoms with Gasteiger partial charge < -0.3 is 15.5 Å². The molecule has 4 heteroatoms. The standard InChI is InChI=1S/C14H21NO3/c1-3-7-14(2,18)10-15-13(17)9-11-5-4-6-12(16)8-11/h4-6,8,16,18H,3,7,9-10H2,1-2H3,(H,15,17). The zero-order valence-electron chi connectivity index (χ0n) is 10.9. The molecule has 0 saturated carbocycles. The zero-order chi connectivity index (χ0) is 13.6. The van der Waals surface area contributed by atoms with Crippen LogP contribution < -0.4 is 5.32 Å². The van der Waals surface area contributed by atoms with Crippen molar-refractivity contribution < 1.29 is 15.0 Å². The van der Waals surface area contributed by atoms with Gasteiger partial charge in [-0.3, -0.25) is 4.79 Å². The number of carbonyl (C=O) groups is 1. The van der Waals surface area contributed by atoms with Gasteiger partial charge in [0.25, 0.3) is 0 Å². The first-order valence-corrected chi connectivity index (χ1v) is 6.20. The van der Waals surface area contributed by atoms with E-state index in [1.54, 1.807) is 31.2 Å². The van der Waals surface area contributed by atoms with Crippen molar-refractivity contribution in [3.8, 4) is 5.75 Å². The number of phenols is 1. The lowest BCUT2D eigenvalue weighted by Crippen LogP contribution is -2.41. The summed E-state index contributed by atoms with van der Waals surface area (Å²) in [7, 11) is 0. The van der Waals surface area contributed by atoms with Crippen LogP contribution >= 0.6 is 0 Å². The number of phenolic OH excluding ortho intramolecular Hbond substituents is 1. The summed E-state index contributed by atoms with van der Waals surface area (Å²) in [5, 5.41) is 21.9. The minimum absolute atomic E-state index is 0.151. The van der Waals surface area contributed by atoms with Gasteiger partial charge in [-0.1, -0.05) is 25.5 Å². The fourth-order valence-corrected chi connectivity index (χ4v) is 1.83. The predicted octanol–water partition coefficient (Wildman–Crippen LogP) is 1.60. The number of benzene rings is 1. The van der Waals surface area contributed by atoms with Crippen LogP contribution in [0.3, 0.4) is 0 Å². The highest BCUT2D eigenvalue weighted by molar-refractivity contribution is 5.78. The lowest BCUT2D eigenvalue weighted by molar-refractivity contribution is -0.121. The SMILES string of the molecule is CCCC(C)(O)CNC(=O)Cc1cccc(O)c1. The zero-order valence-corrected chi connectivity index (χ0v) is 10.9. The lowest BCUT2D eigenvalue weighted by Gasteiger charge is -2.22. The molecule has 1 rings (SSSR count). The van der Waals surface area contributed by atoms with E-state index in [-0.39, 0.29) is 24.6 Å². The molecule has 0 saturated heterocycles. The van der Waals surface area contributed by atoms with Crippen molar-refractivity contribution >= 4 is 5.91 Å². The Labute approximate surface area is 108 Å². The first-order valence-electron chi connectivity index (χ1n) is 6.20. The first kappa shape index (κ1) is 14.5. The molecule has 0 aliphatic carbocycles. The molecule has 4 nitrogen and oxygen atoms in total. The summed E-state index contributed by atoms with van der Waals surface area (Å²) < 4.78 is 0. The van der Waals surface area contributed by atoms with Crippen LogP contribution in [-0.2, 0) is 11.2 Å². The van der Waals surface area contributed by atoms with Gasteiger partial charge in [-0.05, 0) is 31.0 Å². The van der Waals surface area contributed by atoms with E-state index in [2.05, 4.69) is 5.32 Å². The van der Waals surface area contributed by atoms with Crippen molar-refractivity contribution in [3.05, 3.63) is 29.8 Å². The van der Waals surface area contributed by atoms with E-state index in [1.807, 2.05) is 6.92 Å². The van der Waals surface area contributed by atoms with Gasteiger partial charge in [0, 0.05) is 6.54 Å². The molecule has 0 radical (unpaired) electrons. The maximum atomic E-state index is 11.7. The van der Waals surface area contributed by atoms with Crippen LogP contribution in [0.1, 0.15) is 32.3 Å². The molecule has 1 atom stereocenters. The number of aromatic hydroxyl groups is 1. The molecular formula is C14H21NO3. The highest BCUT2D eigenvalue weighted by Crippen LogP contribution is 2.12. The van der Waals surface area contributed by atoms with E-state index in [9.17, 15) is 15.0 Å². The van der Waals surface area contributed by atoms with E-state index in [0.29, 0.717) is 6.42 Å². The van der Waals surface area contributed by atoms with E-state index < -0.39 is 5.60 Å². The highest BCUT2D eigenvalue weighted by atomic mass is 16.3. The van der Waals surface area contributed by atoms with Gasteiger partial charge in [-0.25, -0.2) is 0 Å². The maximum Gasteiger partial charge on any atom is 0.224 e. The summed E-state index contributed by atoms with van der Waals surface area (Å²) >= 11 is 0. The molecule has 1 unspecified atom stereocenters.